The summed E-state index contributed by atoms with van der Waals surface area (Å²) in [6.45, 7) is 12.9. The maximum Gasteiger partial charge on any atom is 0.150 e. The van der Waals surface area contributed by atoms with E-state index in [1.54, 1.807) is 0 Å². The maximum absolute atomic E-state index is 10.2. The number of aliphatic hydroxyl groups excluding tert-OH is 1. The number of likely N-dealkylation sites (tertiary alicyclic amines) is 1. The van der Waals surface area contributed by atoms with E-state index in [1.165, 1.54) is 5.56 Å². The lowest BCUT2D eigenvalue weighted by molar-refractivity contribution is 0.155. The maximum atomic E-state index is 10.2. The molecular formula is C19H31N7O. The monoisotopic (exact) mass is 373 g/mol. The van der Waals surface area contributed by atoms with Crippen LogP contribution in [0.5, 0.6) is 0 Å². The SMILES string of the molecule is CC(C)N1C[C@@H](O)C[C@H]1c1nnc2n1CCN(Cc1cnn(C(C)C)c1)C2. The Morgan fingerprint density at radius 1 is 1.15 bits per heavy atom. The second-order valence-corrected chi connectivity index (χ2v) is 8.45. The van der Waals surface area contributed by atoms with E-state index in [2.05, 4.69) is 63.6 Å². The molecule has 8 nitrogen and oxygen atoms in total. The summed E-state index contributed by atoms with van der Waals surface area (Å²) in [5.41, 5.74) is 1.24. The quantitative estimate of drug-likeness (QED) is 0.858. The van der Waals surface area contributed by atoms with Crippen molar-refractivity contribution in [2.75, 3.05) is 13.1 Å². The first-order valence-corrected chi connectivity index (χ1v) is 10.0. The molecule has 2 aromatic rings. The van der Waals surface area contributed by atoms with E-state index in [1.807, 2.05) is 10.9 Å². The highest BCUT2D eigenvalue weighted by Crippen LogP contribution is 2.33. The van der Waals surface area contributed by atoms with Crippen molar-refractivity contribution in [1.29, 1.82) is 0 Å². The fourth-order valence-corrected chi connectivity index (χ4v) is 4.27. The molecule has 4 heterocycles. The van der Waals surface area contributed by atoms with Crippen LogP contribution in [0.25, 0.3) is 0 Å². The van der Waals surface area contributed by atoms with Crippen molar-refractivity contribution in [3.05, 3.63) is 29.6 Å². The van der Waals surface area contributed by atoms with Gasteiger partial charge in [0, 0.05) is 50.0 Å². The Labute approximate surface area is 160 Å². The van der Waals surface area contributed by atoms with Gasteiger partial charge in [-0.2, -0.15) is 5.10 Å². The number of hydrogen-bond donors (Lipinski definition) is 1. The van der Waals surface area contributed by atoms with Gasteiger partial charge in [0.2, 0.25) is 0 Å². The van der Waals surface area contributed by atoms with Crippen LogP contribution in [-0.4, -0.2) is 64.7 Å². The van der Waals surface area contributed by atoms with Crippen LogP contribution in [0.15, 0.2) is 12.4 Å². The molecule has 1 saturated heterocycles. The highest BCUT2D eigenvalue weighted by molar-refractivity contribution is 5.09. The minimum atomic E-state index is -0.275. The lowest BCUT2D eigenvalue weighted by Crippen LogP contribution is -2.36. The van der Waals surface area contributed by atoms with Crippen LogP contribution in [-0.2, 0) is 19.6 Å². The first kappa shape index (κ1) is 18.6. The van der Waals surface area contributed by atoms with Crippen molar-refractivity contribution in [2.24, 2.45) is 0 Å². The Morgan fingerprint density at radius 2 is 1.96 bits per heavy atom. The summed E-state index contributed by atoms with van der Waals surface area (Å²) < 4.78 is 4.28. The Hall–Kier alpha value is -1.77. The molecule has 0 amide bonds. The van der Waals surface area contributed by atoms with Crippen molar-refractivity contribution < 1.29 is 5.11 Å². The summed E-state index contributed by atoms with van der Waals surface area (Å²) in [5, 5.41) is 23.6. The number of aliphatic hydroxyl groups is 1. The van der Waals surface area contributed by atoms with Gasteiger partial charge in [-0.15, -0.1) is 10.2 Å². The number of hydrogen-bond acceptors (Lipinski definition) is 6. The normalized spacial score (nSPS) is 24.3. The minimum absolute atomic E-state index is 0.164. The molecule has 0 unspecified atom stereocenters. The van der Waals surface area contributed by atoms with E-state index in [9.17, 15) is 5.11 Å². The zero-order chi connectivity index (χ0) is 19.1. The molecule has 1 fully saturated rings. The van der Waals surface area contributed by atoms with Gasteiger partial charge in [0.15, 0.2) is 5.82 Å². The second-order valence-electron chi connectivity index (χ2n) is 8.45. The Balaban J connectivity index is 1.47. The van der Waals surface area contributed by atoms with Gasteiger partial charge in [-0.05, 0) is 34.1 Å². The molecule has 2 aliphatic rings. The van der Waals surface area contributed by atoms with Gasteiger partial charge in [0.05, 0.1) is 24.9 Å². The third-order valence-electron chi connectivity index (χ3n) is 5.73. The number of rotatable bonds is 5. The van der Waals surface area contributed by atoms with Gasteiger partial charge in [0.1, 0.15) is 5.82 Å². The minimum Gasteiger partial charge on any atom is -0.392 e. The van der Waals surface area contributed by atoms with Crippen LogP contribution < -0.4 is 0 Å². The predicted octanol–water partition coefficient (Wildman–Crippen LogP) is 1.59. The standard InChI is InChI=1S/C19H31N7O/c1-13(2)25-11-16(27)7-17(25)19-22-21-18-12-23(5-6-24(18)19)9-15-8-20-26(10-15)14(3)4/h8,10,13-14,16-17,27H,5-7,9,11-12H2,1-4H3/t16-,17-/m0/s1. The molecule has 0 saturated carbocycles. The third-order valence-corrected chi connectivity index (χ3v) is 5.73. The number of nitrogens with zero attached hydrogens (tertiary/aromatic N) is 7. The molecule has 2 aromatic heterocycles. The molecule has 0 spiro atoms. The smallest absolute Gasteiger partial charge is 0.150 e. The van der Waals surface area contributed by atoms with Crippen molar-refractivity contribution in [2.45, 2.75) is 78.0 Å². The fourth-order valence-electron chi connectivity index (χ4n) is 4.27. The van der Waals surface area contributed by atoms with E-state index in [-0.39, 0.29) is 12.1 Å². The van der Waals surface area contributed by atoms with Gasteiger partial charge in [0.25, 0.3) is 0 Å². The third kappa shape index (κ3) is 3.66. The van der Waals surface area contributed by atoms with Crippen LogP contribution >= 0.6 is 0 Å². The number of fused-ring (bicyclic) bond motifs is 1. The van der Waals surface area contributed by atoms with Crippen LogP contribution in [0.3, 0.4) is 0 Å². The summed E-state index contributed by atoms with van der Waals surface area (Å²) >= 11 is 0. The Kier molecular flexibility index (Phi) is 5.05. The molecular weight excluding hydrogens is 342 g/mol. The summed E-state index contributed by atoms with van der Waals surface area (Å²) in [6.07, 6.45) is 4.57. The lowest BCUT2D eigenvalue weighted by atomic mass is 10.1. The van der Waals surface area contributed by atoms with Crippen LogP contribution in [0.4, 0.5) is 0 Å². The van der Waals surface area contributed by atoms with E-state index in [4.69, 9.17) is 0 Å². The molecule has 148 valence electrons. The topological polar surface area (TPSA) is 75.2 Å². The van der Waals surface area contributed by atoms with E-state index in [0.29, 0.717) is 12.1 Å². The molecule has 0 aromatic carbocycles. The van der Waals surface area contributed by atoms with Gasteiger partial charge < -0.3 is 9.67 Å². The van der Waals surface area contributed by atoms with Gasteiger partial charge in [-0.25, -0.2) is 0 Å². The molecule has 1 N–H and O–H groups in total. The summed E-state index contributed by atoms with van der Waals surface area (Å²) in [5.74, 6) is 2.04. The zero-order valence-corrected chi connectivity index (χ0v) is 16.8. The second kappa shape index (κ2) is 7.33. The van der Waals surface area contributed by atoms with Crippen molar-refractivity contribution >= 4 is 0 Å². The first-order valence-electron chi connectivity index (χ1n) is 10.0. The van der Waals surface area contributed by atoms with Gasteiger partial charge >= 0.3 is 0 Å². The van der Waals surface area contributed by atoms with Crippen molar-refractivity contribution in [1.82, 2.24) is 34.3 Å². The Morgan fingerprint density at radius 3 is 2.67 bits per heavy atom. The highest BCUT2D eigenvalue weighted by atomic mass is 16.3. The van der Waals surface area contributed by atoms with Crippen LogP contribution in [0.1, 0.15) is 63.4 Å². The molecule has 0 bridgehead atoms. The predicted molar refractivity (Wildman–Crippen MR) is 102 cm³/mol. The molecule has 27 heavy (non-hydrogen) atoms. The molecule has 0 radical (unpaired) electrons. The molecule has 8 heteroatoms. The van der Waals surface area contributed by atoms with E-state index in [0.717, 1.165) is 50.8 Å². The average Bonchev–Trinajstić information content (AvgIpc) is 3.32. The largest absolute Gasteiger partial charge is 0.392 e. The lowest BCUT2D eigenvalue weighted by Gasteiger charge is -2.31. The summed E-state index contributed by atoms with van der Waals surface area (Å²) in [6, 6.07) is 0.936. The highest BCUT2D eigenvalue weighted by Gasteiger charge is 2.37. The zero-order valence-electron chi connectivity index (χ0n) is 16.8. The Bertz CT molecular complexity index is 781. The molecule has 2 aliphatic heterocycles. The van der Waals surface area contributed by atoms with E-state index < -0.39 is 0 Å². The average molecular weight is 374 g/mol. The van der Waals surface area contributed by atoms with Crippen molar-refractivity contribution in [3.8, 4) is 0 Å². The van der Waals surface area contributed by atoms with Gasteiger partial charge in [-0.1, -0.05) is 0 Å². The molecule has 4 rings (SSSR count). The molecule has 0 aliphatic carbocycles. The number of β-amino-alcohol motifs (C(OH)–C–C–N with tert-alkyl or cyclic N) is 1. The first-order chi connectivity index (χ1) is 12.9. The van der Waals surface area contributed by atoms with E-state index >= 15 is 0 Å². The summed E-state index contributed by atoms with van der Waals surface area (Å²) in [4.78, 5) is 4.74. The van der Waals surface area contributed by atoms with Crippen LogP contribution in [0.2, 0.25) is 0 Å². The molecule has 2 atom stereocenters. The van der Waals surface area contributed by atoms with Crippen LogP contribution in [0, 0.1) is 0 Å². The van der Waals surface area contributed by atoms with Gasteiger partial charge in [-0.3, -0.25) is 14.5 Å². The summed E-state index contributed by atoms with van der Waals surface area (Å²) in [7, 11) is 0. The number of aromatic nitrogens is 5. The van der Waals surface area contributed by atoms with Crippen molar-refractivity contribution in [3.63, 3.8) is 0 Å². The fraction of sp³-hybridized carbons (Fsp3) is 0.737.